The van der Waals surface area contributed by atoms with E-state index in [-0.39, 0.29) is 17.4 Å². The lowest BCUT2D eigenvalue weighted by atomic mass is 9.74. The molecule has 5 heteroatoms. The van der Waals surface area contributed by atoms with Gasteiger partial charge in [0.2, 0.25) is 0 Å². The second-order valence-electron chi connectivity index (χ2n) is 8.53. The Labute approximate surface area is 178 Å². The quantitative estimate of drug-likeness (QED) is 0.707. The van der Waals surface area contributed by atoms with E-state index < -0.39 is 0 Å². The summed E-state index contributed by atoms with van der Waals surface area (Å²) >= 11 is 0. The number of benzene rings is 2. The van der Waals surface area contributed by atoms with Crippen molar-refractivity contribution >= 4 is 5.91 Å². The van der Waals surface area contributed by atoms with E-state index in [0.29, 0.717) is 23.7 Å². The third-order valence-electron chi connectivity index (χ3n) is 6.48. The first-order valence-electron chi connectivity index (χ1n) is 10.9. The topological polar surface area (TPSA) is 48.0 Å². The molecule has 30 heavy (non-hydrogen) atoms. The smallest absolute Gasteiger partial charge is 0.253 e. The molecule has 0 spiro atoms. The van der Waals surface area contributed by atoms with E-state index in [0.717, 1.165) is 45.4 Å². The van der Waals surface area contributed by atoms with Crippen LogP contribution in [0.4, 0.5) is 0 Å². The SMILES string of the molecule is COc1cc(C(=O)N2CCC(C)(c3ccccc3)CC2)ccc1OCC1CCCO1. The fourth-order valence-electron chi connectivity index (χ4n) is 4.39. The van der Waals surface area contributed by atoms with Crippen LogP contribution in [0.15, 0.2) is 48.5 Å². The third-order valence-corrected chi connectivity index (χ3v) is 6.48. The molecule has 0 aromatic heterocycles. The minimum absolute atomic E-state index is 0.0501. The van der Waals surface area contributed by atoms with Gasteiger partial charge in [-0.2, -0.15) is 0 Å². The number of hydrogen-bond donors (Lipinski definition) is 0. The lowest BCUT2D eigenvalue weighted by Crippen LogP contribution is -2.43. The van der Waals surface area contributed by atoms with Crippen LogP contribution in [0.1, 0.15) is 48.5 Å². The van der Waals surface area contributed by atoms with Crippen LogP contribution >= 0.6 is 0 Å². The van der Waals surface area contributed by atoms with E-state index in [4.69, 9.17) is 14.2 Å². The molecule has 2 aliphatic rings. The van der Waals surface area contributed by atoms with Crippen molar-refractivity contribution < 1.29 is 19.0 Å². The molecule has 1 amide bonds. The van der Waals surface area contributed by atoms with E-state index in [2.05, 4.69) is 31.2 Å². The molecule has 1 unspecified atom stereocenters. The van der Waals surface area contributed by atoms with Crippen molar-refractivity contribution in [2.45, 2.75) is 44.1 Å². The number of piperidine rings is 1. The van der Waals surface area contributed by atoms with Crippen LogP contribution in [0.5, 0.6) is 11.5 Å². The largest absolute Gasteiger partial charge is 0.493 e. The molecule has 0 saturated carbocycles. The van der Waals surface area contributed by atoms with E-state index in [1.54, 1.807) is 13.2 Å². The van der Waals surface area contributed by atoms with Crippen molar-refractivity contribution in [3.8, 4) is 11.5 Å². The molecule has 2 aliphatic heterocycles. The maximum atomic E-state index is 13.1. The van der Waals surface area contributed by atoms with Crippen molar-refractivity contribution in [2.75, 3.05) is 33.4 Å². The number of carbonyl (C=O) groups is 1. The molecular weight excluding hydrogens is 378 g/mol. The molecule has 2 saturated heterocycles. The lowest BCUT2D eigenvalue weighted by Gasteiger charge is -2.40. The highest BCUT2D eigenvalue weighted by Gasteiger charge is 2.33. The molecule has 2 heterocycles. The van der Waals surface area contributed by atoms with Crippen LogP contribution in [-0.2, 0) is 10.2 Å². The first-order chi connectivity index (χ1) is 14.6. The average molecular weight is 410 g/mol. The predicted molar refractivity (Wildman–Crippen MR) is 116 cm³/mol. The predicted octanol–water partition coefficient (Wildman–Crippen LogP) is 4.45. The van der Waals surface area contributed by atoms with E-state index in [1.807, 2.05) is 23.1 Å². The van der Waals surface area contributed by atoms with Gasteiger partial charge in [-0.05, 0) is 54.9 Å². The molecule has 0 N–H and O–H groups in total. The molecule has 2 aromatic carbocycles. The zero-order valence-electron chi connectivity index (χ0n) is 17.9. The first kappa shape index (κ1) is 20.7. The zero-order chi connectivity index (χ0) is 21.0. The molecule has 0 bridgehead atoms. The van der Waals surface area contributed by atoms with Gasteiger partial charge in [0.1, 0.15) is 6.61 Å². The number of carbonyl (C=O) groups excluding carboxylic acids is 1. The summed E-state index contributed by atoms with van der Waals surface area (Å²) in [6, 6.07) is 16.1. The Kier molecular flexibility index (Phi) is 6.28. The fourth-order valence-corrected chi connectivity index (χ4v) is 4.39. The van der Waals surface area contributed by atoms with Gasteiger partial charge < -0.3 is 19.1 Å². The van der Waals surface area contributed by atoms with Crippen LogP contribution in [0.3, 0.4) is 0 Å². The monoisotopic (exact) mass is 409 g/mol. The summed E-state index contributed by atoms with van der Waals surface area (Å²) in [5.74, 6) is 1.29. The Morgan fingerprint density at radius 3 is 2.57 bits per heavy atom. The van der Waals surface area contributed by atoms with Crippen LogP contribution in [-0.4, -0.2) is 50.3 Å². The normalized spacial score (nSPS) is 20.7. The van der Waals surface area contributed by atoms with E-state index in [9.17, 15) is 4.79 Å². The second-order valence-corrected chi connectivity index (χ2v) is 8.53. The minimum atomic E-state index is 0.0501. The molecular formula is C25H31NO4. The molecule has 4 rings (SSSR count). The Bertz CT molecular complexity index is 853. The van der Waals surface area contributed by atoms with Crippen molar-refractivity contribution in [3.63, 3.8) is 0 Å². The summed E-state index contributed by atoms with van der Waals surface area (Å²) in [4.78, 5) is 15.1. The molecule has 2 aromatic rings. The van der Waals surface area contributed by atoms with Crippen LogP contribution in [0.2, 0.25) is 0 Å². The number of methoxy groups -OCH3 is 1. The Balaban J connectivity index is 1.39. The molecule has 0 aliphatic carbocycles. The Morgan fingerprint density at radius 1 is 1.13 bits per heavy atom. The maximum Gasteiger partial charge on any atom is 0.253 e. The summed E-state index contributed by atoms with van der Waals surface area (Å²) in [6.45, 7) is 5.12. The summed E-state index contributed by atoms with van der Waals surface area (Å²) in [5.41, 5.74) is 2.11. The highest BCUT2D eigenvalue weighted by Crippen LogP contribution is 2.36. The summed E-state index contributed by atoms with van der Waals surface area (Å²) in [5, 5.41) is 0. The zero-order valence-corrected chi connectivity index (χ0v) is 17.9. The van der Waals surface area contributed by atoms with Gasteiger partial charge in [0.25, 0.3) is 5.91 Å². The Morgan fingerprint density at radius 2 is 1.90 bits per heavy atom. The summed E-state index contributed by atoms with van der Waals surface area (Å²) < 4.78 is 17.0. The number of ether oxygens (including phenoxy) is 3. The molecule has 2 fully saturated rings. The van der Waals surface area contributed by atoms with Gasteiger partial charge >= 0.3 is 0 Å². The van der Waals surface area contributed by atoms with Crippen molar-refractivity contribution in [3.05, 3.63) is 59.7 Å². The van der Waals surface area contributed by atoms with Gasteiger partial charge in [-0.3, -0.25) is 4.79 Å². The number of rotatable bonds is 6. The van der Waals surface area contributed by atoms with Gasteiger partial charge in [-0.25, -0.2) is 0 Å². The molecule has 5 nitrogen and oxygen atoms in total. The maximum absolute atomic E-state index is 13.1. The van der Waals surface area contributed by atoms with Gasteiger partial charge in [0.05, 0.1) is 13.2 Å². The number of hydrogen-bond acceptors (Lipinski definition) is 4. The summed E-state index contributed by atoms with van der Waals surface area (Å²) in [6.07, 6.45) is 4.17. The summed E-state index contributed by atoms with van der Waals surface area (Å²) in [7, 11) is 1.61. The van der Waals surface area contributed by atoms with Crippen LogP contribution in [0, 0.1) is 0 Å². The number of nitrogens with zero attached hydrogens (tertiary/aromatic N) is 1. The van der Waals surface area contributed by atoms with Crippen molar-refractivity contribution in [2.24, 2.45) is 0 Å². The highest BCUT2D eigenvalue weighted by atomic mass is 16.5. The van der Waals surface area contributed by atoms with E-state index in [1.165, 1.54) is 5.56 Å². The molecule has 0 radical (unpaired) electrons. The fraction of sp³-hybridized carbons (Fsp3) is 0.480. The second kappa shape index (κ2) is 9.09. The van der Waals surface area contributed by atoms with E-state index >= 15 is 0 Å². The minimum Gasteiger partial charge on any atom is -0.493 e. The lowest BCUT2D eigenvalue weighted by molar-refractivity contribution is 0.0661. The van der Waals surface area contributed by atoms with Crippen LogP contribution < -0.4 is 9.47 Å². The van der Waals surface area contributed by atoms with Crippen molar-refractivity contribution in [1.29, 1.82) is 0 Å². The number of amides is 1. The molecule has 1 atom stereocenters. The highest BCUT2D eigenvalue weighted by molar-refractivity contribution is 5.95. The molecule has 160 valence electrons. The van der Waals surface area contributed by atoms with Gasteiger partial charge in [0.15, 0.2) is 11.5 Å². The number of likely N-dealkylation sites (tertiary alicyclic amines) is 1. The Hall–Kier alpha value is -2.53. The average Bonchev–Trinajstić information content (AvgIpc) is 3.32. The first-order valence-corrected chi connectivity index (χ1v) is 10.9. The third kappa shape index (κ3) is 4.46. The van der Waals surface area contributed by atoms with Crippen molar-refractivity contribution in [1.82, 2.24) is 4.90 Å². The van der Waals surface area contributed by atoms with Gasteiger partial charge in [-0.1, -0.05) is 37.3 Å². The van der Waals surface area contributed by atoms with Gasteiger partial charge in [0, 0.05) is 25.3 Å². The van der Waals surface area contributed by atoms with Gasteiger partial charge in [-0.15, -0.1) is 0 Å². The van der Waals surface area contributed by atoms with Crippen LogP contribution in [0.25, 0.3) is 0 Å². The standard InChI is InChI=1S/C25H31NO4/c1-25(20-7-4-3-5-8-20)12-14-26(15-13-25)24(27)19-10-11-22(23(17-19)28-2)30-18-21-9-6-16-29-21/h3-5,7-8,10-11,17,21H,6,9,12-16,18H2,1-2H3.